The minimum atomic E-state index is 0.673. The number of hydrogen-bond donors (Lipinski definition) is 0. The number of fused-ring (bicyclic) bond motifs is 6. The molecule has 2 nitrogen and oxygen atoms in total. The van der Waals surface area contributed by atoms with Gasteiger partial charge in [0.05, 0.1) is 22.7 Å². The molecular formula is C40H24N2. The van der Waals surface area contributed by atoms with Gasteiger partial charge in [0, 0.05) is 27.1 Å². The third kappa shape index (κ3) is 3.91. The Morgan fingerprint density at radius 3 is 1.24 bits per heavy atom. The summed E-state index contributed by atoms with van der Waals surface area (Å²) in [7, 11) is 0. The molecule has 0 fully saturated rings. The number of rotatable bonds is 3. The molecule has 1 aromatic heterocycles. The second-order valence-corrected chi connectivity index (χ2v) is 10.7. The molecule has 0 unspecified atom stereocenters. The third-order valence-electron chi connectivity index (χ3n) is 8.30. The lowest BCUT2D eigenvalue weighted by Crippen LogP contribution is -1.92. The van der Waals surface area contributed by atoms with E-state index < -0.39 is 0 Å². The summed E-state index contributed by atoms with van der Waals surface area (Å²) >= 11 is 0. The number of nitrogens with zero attached hydrogens (tertiary/aromatic N) is 2. The number of benzene rings is 7. The van der Waals surface area contributed by atoms with Gasteiger partial charge in [0.15, 0.2) is 0 Å². The Labute approximate surface area is 243 Å². The first kappa shape index (κ1) is 24.1. The van der Waals surface area contributed by atoms with Crippen molar-refractivity contribution in [2.24, 2.45) is 0 Å². The quantitative estimate of drug-likeness (QED) is 0.168. The SMILES string of the molecule is N#Cc1ccc(-c2ccc(-c3ccc(-c4c5ccc6ccccc6c5nc5c4ccc4ccccc45)cc3)cc2)cc1. The van der Waals surface area contributed by atoms with Gasteiger partial charge < -0.3 is 0 Å². The van der Waals surface area contributed by atoms with Crippen LogP contribution in [0.4, 0.5) is 0 Å². The van der Waals surface area contributed by atoms with E-state index in [1.807, 2.05) is 24.3 Å². The first-order valence-electron chi connectivity index (χ1n) is 14.1. The fourth-order valence-corrected chi connectivity index (χ4v) is 6.14. The fourth-order valence-electron chi connectivity index (χ4n) is 6.14. The maximum absolute atomic E-state index is 9.09. The van der Waals surface area contributed by atoms with Gasteiger partial charge in [-0.3, -0.25) is 0 Å². The molecule has 0 spiro atoms. The van der Waals surface area contributed by atoms with E-state index in [0.717, 1.165) is 32.9 Å². The van der Waals surface area contributed by atoms with Crippen LogP contribution in [0.3, 0.4) is 0 Å². The Balaban J connectivity index is 1.27. The molecule has 0 aliphatic carbocycles. The van der Waals surface area contributed by atoms with Crippen molar-refractivity contribution in [3.63, 3.8) is 0 Å². The summed E-state index contributed by atoms with van der Waals surface area (Å²) in [5, 5.41) is 16.2. The van der Waals surface area contributed by atoms with Crippen molar-refractivity contribution in [1.82, 2.24) is 4.98 Å². The first-order chi connectivity index (χ1) is 20.8. The van der Waals surface area contributed by atoms with Gasteiger partial charge in [0.25, 0.3) is 0 Å². The summed E-state index contributed by atoms with van der Waals surface area (Å²) in [6.45, 7) is 0. The molecule has 0 N–H and O–H groups in total. The van der Waals surface area contributed by atoms with Crippen LogP contribution >= 0.6 is 0 Å². The van der Waals surface area contributed by atoms with E-state index in [2.05, 4.69) is 127 Å². The highest BCUT2D eigenvalue weighted by molar-refractivity contribution is 6.21. The van der Waals surface area contributed by atoms with Gasteiger partial charge in [-0.1, -0.05) is 133 Å². The topological polar surface area (TPSA) is 36.7 Å². The van der Waals surface area contributed by atoms with Crippen LogP contribution in [0, 0.1) is 11.3 Å². The fraction of sp³-hybridized carbons (Fsp3) is 0. The molecule has 2 heteroatoms. The molecule has 42 heavy (non-hydrogen) atoms. The number of hydrogen-bond acceptors (Lipinski definition) is 2. The molecule has 194 valence electrons. The van der Waals surface area contributed by atoms with Gasteiger partial charge in [-0.25, -0.2) is 4.98 Å². The van der Waals surface area contributed by atoms with Crippen molar-refractivity contribution < 1.29 is 0 Å². The molecule has 8 aromatic rings. The molecule has 7 aromatic carbocycles. The van der Waals surface area contributed by atoms with Crippen molar-refractivity contribution >= 4 is 43.4 Å². The average Bonchev–Trinajstić information content (AvgIpc) is 3.07. The minimum Gasteiger partial charge on any atom is -0.246 e. The third-order valence-corrected chi connectivity index (χ3v) is 8.30. The predicted octanol–water partition coefficient (Wildman–Crippen LogP) is 10.6. The Kier molecular flexibility index (Phi) is 5.55. The molecular weight excluding hydrogens is 508 g/mol. The van der Waals surface area contributed by atoms with Crippen LogP contribution in [-0.2, 0) is 0 Å². The van der Waals surface area contributed by atoms with Gasteiger partial charge in [0.2, 0.25) is 0 Å². The highest BCUT2D eigenvalue weighted by Gasteiger charge is 2.15. The molecule has 0 aliphatic rings. The standard InChI is InChI=1S/C40H24N2/c41-25-26-9-11-27(12-10-26)28-13-15-29(16-14-28)30-17-19-33(20-18-30)38-36-23-21-31-5-1-3-7-34(31)39(36)42-40-35-8-4-2-6-32(35)22-24-37(38)40/h1-24H. The maximum Gasteiger partial charge on any atom is 0.0991 e. The zero-order valence-electron chi connectivity index (χ0n) is 22.8. The van der Waals surface area contributed by atoms with Crippen LogP contribution in [-0.4, -0.2) is 4.98 Å². The summed E-state index contributed by atoms with van der Waals surface area (Å²) in [6.07, 6.45) is 0. The van der Waals surface area contributed by atoms with Crippen molar-refractivity contribution in [2.75, 3.05) is 0 Å². The van der Waals surface area contributed by atoms with E-state index in [4.69, 9.17) is 10.2 Å². The van der Waals surface area contributed by atoms with Gasteiger partial charge in [-0.15, -0.1) is 0 Å². The molecule has 0 saturated heterocycles. The zero-order valence-corrected chi connectivity index (χ0v) is 22.8. The molecule has 0 saturated carbocycles. The van der Waals surface area contributed by atoms with Crippen molar-refractivity contribution in [1.29, 1.82) is 5.26 Å². The lowest BCUT2D eigenvalue weighted by Gasteiger charge is -2.15. The van der Waals surface area contributed by atoms with Crippen LogP contribution in [0.15, 0.2) is 146 Å². The van der Waals surface area contributed by atoms with Crippen LogP contribution in [0.1, 0.15) is 5.56 Å². The van der Waals surface area contributed by atoms with Crippen LogP contribution in [0.2, 0.25) is 0 Å². The van der Waals surface area contributed by atoms with E-state index in [0.29, 0.717) is 5.56 Å². The van der Waals surface area contributed by atoms with Gasteiger partial charge in [-0.2, -0.15) is 5.26 Å². The van der Waals surface area contributed by atoms with Gasteiger partial charge in [-0.05, 0) is 50.7 Å². The van der Waals surface area contributed by atoms with E-state index in [-0.39, 0.29) is 0 Å². The van der Waals surface area contributed by atoms with E-state index >= 15 is 0 Å². The number of aromatic nitrogens is 1. The highest BCUT2D eigenvalue weighted by atomic mass is 14.7. The Bertz CT molecular complexity index is 2230. The molecule has 1 heterocycles. The summed E-state index contributed by atoms with van der Waals surface area (Å²) in [5.41, 5.74) is 9.71. The summed E-state index contributed by atoms with van der Waals surface area (Å²) in [4.78, 5) is 5.31. The van der Waals surface area contributed by atoms with Crippen molar-refractivity contribution in [3.8, 4) is 39.4 Å². The minimum absolute atomic E-state index is 0.673. The number of pyridine rings is 1. The van der Waals surface area contributed by atoms with Crippen molar-refractivity contribution in [3.05, 3.63) is 151 Å². The zero-order chi connectivity index (χ0) is 28.0. The van der Waals surface area contributed by atoms with Crippen LogP contribution < -0.4 is 0 Å². The van der Waals surface area contributed by atoms with Crippen LogP contribution in [0.5, 0.6) is 0 Å². The smallest absolute Gasteiger partial charge is 0.0991 e. The second-order valence-electron chi connectivity index (χ2n) is 10.7. The van der Waals surface area contributed by atoms with E-state index in [1.165, 1.54) is 43.8 Å². The monoisotopic (exact) mass is 532 g/mol. The lowest BCUT2D eigenvalue weighted by molar-refractivity contribution is 1.48. The number of nitriles is 1. The van der Waals surface area contributed by atoms with Crippen LogP contribution in [0.25, 0.3) is 76.7 Å². The van der Waals surface area contributed by atoms with Gasteiger partial charge >= 0.3 is 0 Å². The predicted molar refractivity (Wildman–Crippen MR) is 175 cm³/mol. The molecule has 8 rings (SSSR count). The van der Waals surface area contributed by atoms with E-state index in [1.54, 1.807) is 0 Å². The molecule has 0 amide bonds. The summed E-state index contributed by atoms with van der Waals surface area (Å²) in [5.74, 6) is 0. The molecule has 0 bridgehead atoms. The lowest BCUT2D eigenvalue weighted by atomic mass is 9.91. The second kappa shape index (κ2) is 9.70. The largest absolute Gasteiger partial charge is 0.246 e. The Hall–Kier alpha value is -5.78. The van der Waals surface area contributed by atoms with E-state index in [9.17, 15) is 0 Å². The molecule has 0 radical (unpaired) electrons. The van der Waals surface area contributed by atoms with Gasteiger partial charge in [0.1, 0.15) is 0 Å². The first-order valence-corrected chi connectivity index (χ1v) is 14.1. The maximum atomic E-state index is 9.09. The summed E-state index contributed by atoms with van der Waals surface area (Å²) < 4.78 is 0. The average molecular weight is 533 g/mol. The Morgan fingerprint density at radius 2 is 0.786 bits per heavy atom. The van der Waals surface area contributed by atoms with Crippen molar-refractivity contribution in [2.45, 2.75) is 0 Å². The molecule has 0 atom stereocenters. The summed E-state index contributed by atoms with van der Waals surface area (Å²) in [6, 6.07) is 53.3. The highest BCUT2D eigenvalue weighted by Crippen LogP contribution is 2.40. The normalized spacial score (nSPS) is 11.3. The Morgan fingerprint density at radius 1 is 0.381 bits per heavy atom. The molecule has 0 aliphatic heterocycles.